The van der Waals surface area contributed by atoms with E-state index in [-0.39, 0.29) is 6.04 Å². The first-order chi connectivity index (χ1) is 15.4. The average molecular weight is 449 g/mol. The molecule has 0 fully saturated rings. The van der Waals surface area contributed by atoms with E-state index in [0.29, 0.717) is 16.8 Å². The minimum atomic E-state index is -0.168. The molecule has 2 aromatic carbocycles. The third-order valence-electron chi connectivity index (χ3n) is 5.91. The van der Waals surface area contributed by atoms with Crippen LogP contribution < -0.4 is 10.1 Å². The van der Waals surface area contributed by atoms with Crippen LogP contribution >= 0.6 is 12.2 Å². The molecular weight excluding hydrogens is 420 g/mol. The number of thiocarbonyl (C=S) groups is 1. The van der Waals surface area contributed by atoms with Gasteiger partial charge in [-0.25, -0.2) is 0 Å². The molecule has 1 N–H and O–H groups in total. The molecule has 1 aliphatic rings. The molecule has 7 heteroatoms. The lowest BCUT2D eigenvalue weighted by atomic mass is 9.92. The molecule has 0 saturated carbocycles. The van der Waals surface area contributed by atoms with Crippen LogP contribution in [0.15, 0.2) is 52.7 Å². The summed E-state index contributed by atoms with van der Waals surface area (Å²) in [6, 6.07) is 13.9. The van der Waals surface area contributed by atoms with Gasteiger partial charge in [0.25, 0.3) is 5.89 Å². The molecular formula is C25H28N4O2S. The summed E-state index contributed by atoms with van der Waals surface area (Å²) in [6.07, 6.45) is 0.974. The Kier molecular flexibility index (Phi) is 6.28. The average Bonchev–Trinajstić information content (AvgIpc) is 3.28. The van der Waals surface area contributed by atoms with Crippen molar-refractivity contribution >= 4 is 22.9 Å². The van der Waals surface area contributed by atoms with Crippen molar-refractivity contribution in [2.45, 2.75) is 40.2 Å². The van der Waals surface area contributed by atoms with Crippen LogP contribution in [0.1, 0.15) is 48.9 Å². The predicted molar refractivity (Wildman–Crippen MR) is 130 cm³/mol. The Morgan fingerprint density at radius 2 is 1.84 bits per heavy atom. The summed E-state index contributed by atoms with van der Waals surface area (Å²) in [5.74, 6) is 1.82. The Morgan fingerprint density at radius 3 is 2.50 bits per heavy atom. The first-order valence-corrected chi connectivity index (χ1v) is 11.2. The molecule has 3 aromatic rings. The maximum Gasteiger partial charge on any atom is 0.258 e. The van der Waals surface area contributed by atoms with Crippen LogP contribution in [0.4, 0.5) is 0 Å². The van der Waals surface area contributed by atoms with E-state index in [1.165, 1.54) is 11.1 Å². The van der Waals surface area contributed by atoms with Crippen LogP contribution in [0.5, 0.6) is 5.75 Å². The number of allylic oxidation sites excluding steroid dienone is 1. The Bertz CT molecular complexity index is 1170. The highest BCUT2D eigenvalue weighted by atomic mass is 32.1. The second-order valence-corrected chi connectivity index (χ2v) is 8.42. The van der Waals surface area contributed by atoms with Gasteiger partial charge >= 0.3 is 0 Å². The van der Waals surface area contributed by atoms with Gasteiger partial charge in [0, 0.05) is 17.8 Å². The van der Waals surface area contributed by atoms with Crippen molar-refractivity contribution in [3.63, 3.8) is 0 Å². The largest absolute Gasteiger partial charge is 0.497 e. The fraction of sp³-hybridized carbons (Fsp3) is 0.320. The zero-order valence-electron chi connectivity index (χ0n) is 19.1. The predicted octanol–water partition coefficient (Wildman–Crippen LogP) is 5.43. The molecule has 0 spiro atoms. The third-order valence-corrected chi connectivity index (χ3v) is 6.25. The van der Waals surface area contributed by atoms with Gasteiger partial charge in [-0.05, 0) is 80.4 Å². The maximum atomic E-state index is 5.79. The lowest BCUT2D eigenvalue weighted by Gasteiger charge is -2.37. The summed E-state index contributed by atoms with van der Waals surface area (Å²) < 4.78 is 11.0. The topological polar surface area (TPSA) is 63.4 Å². The smallest absolute Gasteiger partial charge is 0.258 e. The monoisotopic (exact) mass is 448 g/mol. The molecule has 1 aromatic heterocycles. The maximum absolute atomic E-state index is 5.79. The molecule has 4 rings (SSSR count). The van der Waals surface area contributed by atoms with E-state index in [1.54, 1.807) is 7.11 Å². The Hall–Kier alpha value is -3.19. The highest BCUT2D eigenvalue weighted by Gasteiger charge is 2.33. The van der Waals surface area contributed by atoms with Crippen LogP contribution in [0.2, 0.25) is 0 Å². The molecule has 166 valence electrons. The number of hydrogen-bond acceptors (Lipinski definition) is 5. The lowest BCUT2D eigenvalue weighted by molar-refractivity contribution is 0.396. The number of rotatable bonds is 6. The second kappa shape index (κ2) is 9.12. The highest BCUT2D eigenvalue weighted by Crippen LogP contribution is 2.38. The number of ether oxygens (including phenoxy) is 1. The first-order valence-electron chi connectivity index (χ1n) is 10.8. The van der Waals surface area contributed by atoms with E-state index in [1.807, 2.05) is 24.3 Å². The fourth-order valence-corrected chi connectivity index (χ4v) is 4.28. The molecule has 0 saturated heterocycles. The van der Waals surface area contributed by atoms with Gasteiger partial charge in [0.15, 0.2) is 5.11 Å². The Labute approximate surface area is 194 Å². The van der Waals surface area contributed by atoms with Gasteiger partial charge in [-0.1, -0.05) is 30.3 Å². The molecule has 0 bridgehead atoms. The highest BCUT2D eigenvalue weighted by molar-refractivity contribution is 7.80. The summed E-state index contributed by atoms with van der Waals surface area (Å²) in [6.45, 7) is 9.26. The number of nitrogens with one attached hydrogen (secondary N) is 1. The van der Waals surface area contributed by atoms with Crippen molar-refractivity contribution in [3.05, 3.63) is 70.7 Å². The van der Waals surface area contributed by atoms with Crippen LogP contribution in [0.3, 0.4) is 0 Å². The van der Waals surface area contributed by atoms with Gasteiger partial charge in [-0.15, -0.1) is 0 Å². The number of nitrogens with zero attached hydrogens (tertiary/aromatic N) is 3. The third kappa shape index (κ3) is 4.12. The van der Waals surface area contributed by atoms with E-state index < -0.39 is 0 Å². The van der Waals surface area contributed by atoms with Gasteiger partial charge in [-0.2, -0.15) is 4.98 Å². The summed E-state index contributed by atoms with van der Waals surface area (Å²) in [7, 11) is 1.65. The van der Waals surface area contributed by atoms with Gasteiger partial charge in [-0.3, -0.25) is 0 Å². The fourth-order valence-electron chi connectivity index (χ4n) is 3.94. The lowest BCUT2D eigenvalue weighted by Crippen LogP contribution is -2.46. The zero-order valence-corrected chi connectivity index (χ0v) is 19.9. The van der Waals surface area contributed by atoms with E-state index >= 15 is 0 Å². The summed E-state index contributed by atoms with van der Waals surface area (Å²) in [5, 5.41) is 8.49. The first kappa shape index (κ1) is 22.0. The standard InChI is InChI=1S/C25H28N4O2S/c1-6-13-29-17(4)21(22(26-25(29)32)19-8-7-15(2)16(3)14-19)24-27-23(28-31-24)18-9-11-20(30-5)12-10-18/h7-12,14,22H,6,13H2,1-5H3,(H,26,32). The molecule has 0 aliphatic carbocycles. The molecule has 1 unspecified atom stereocenters. The summed E-state index contributed by atoms with van der Waals surface area (Å²) in [5.41, 5.74) is 6.44. The molecule has 1 aliphatic heterocycles. The quantitative estimate of drug-likeness (QED) is 0.504. The number of aryl methyl sites for hydroxylation is 2. The summed E-state index contributed by atoms with van der Waals surface area (Å²) in [4.78, 5) is 6.87. The minimum absolute atomic E-state index is 0.168. The molecule has 0 radical (unpaired) electrons. The summed E-state index contributed by atoms with van der Waals surface area (Å²) >= 11 is 5.72. The Balaban J connectivity index is 1.80. The number of benzene rings is 2. The molecule has 1 atom stereocenters. The van der Waals surface area contributed by atoms with Gasteiger partial charge in [0.1, 0.15) is 5.75 Å². The van der Waals surface area contributed by atoms with Crippen molar-refractivity contribution in [1.82, 2.24) is 20.4 Å². The van der Waals surface area contributed by atoms with Crippen molar-refractivity contribution in [3.8, 4) is 17.1 Å². The second-order valence-electron chi connectivity index (χ2n) is 8.03. The van der Waals surface area contributed by atoms with E-state index in [2.05, 4.69) is 61.3 Å². The van der Waals surface area contributed by atoms with Crippen molar-refractivity contribution in [2.24, 2.45) is 0 Å². The number of methoxy groups -OCH3 is 1. The van der Waals surface area contributed by atoms with E-state index in [9.17, 15) is 0 Å². The molecule has 2 heterocycles. The van der Waals surface area contributed by atoms with E-state index in [0.717, 1.165) is 41.1 Å². The minimum Gasteiger partial charge on any atom is -0.497 e. The van der Waals surface area contributed by atoms with Crippen LogP contribution in [0, 0.1) is 13.8 Å². The number of aromatic nitrogens is 2. The van der Waals surface area contributed by atoms with Crippen molar-refractivity contribution in [2.75, 3.05) is 13.7 Å². The Morgan fingerprint density at radius 1 is 1.09 bits per heavy atom. The van der Waals surface area contributed by atoms with Crippen molar-refractivity contribution in [1.29, 1.82) is 0 Å². The molecule has 32 heavy (non-hydrogen) atoms. The van der Waals surface area contributed by atoms with Gasteiger partial charge in [0.2, 0.25) is 5.82 Å². The van der Waals surface area contributed by atoms with Gasteiger partial charge < -0.3 is 19.5 Å². The van der Waals surface area contributed by atoms with E-state index in [4.69, 9.17) is 26.5 Å². The van der Waals surface area contributed by atoms with Crippen LogP contribution in [0.25, 0.3) is 17.0 Å². The van der Waals surface area contributed by atoms with Crippen molar-refractivity contribution < 1.29 is 9.26 Å². The molecule has 6 nitrogen and oxygen atoms in total. The van der Waals surface area contributed by atoms with Crippen LogP contribution in [-0.4, -0.2) is 33.8 Å². The zero-order chi connectivity index (χ0) is 22.8. The number of hydrogen-bond donors (Lipinski definition) is 1. The SMILES string of the molecule is CCCN1C(=S)NC(c2ccc(C)c(C)c2)C(c2nc(-c3ccc(OC)cc3)no2)=C1C. The molecule has 0 amide bonds. The van der Waals surface area contributed by atoms with Crippen LogP contribution in [-0.2, 0) is 0 Å². The van der Waals surface area contributed by atoms with Gasteiger partial charge in [0.05, 0.1) is 18.7 Å². The normalized spacial score (nSPS) is 16.3.